The maximum Gasteiger partial charge on any atom is 0.0959 e. The standard InChI is InChI=1S/C13H25NO2/c1-3-16-13(7-5-4-6-10-15)9-8-12(2)11-14/h4-5,7,12,15H,3,6,8-11,14H2,1-2H3/b5-4+,13-7+. The van der Waals surface area contributed by atoms with E-state index in [-0.39, 0.29) is 6.61 Å². The van der Waals surface area contributed by atoms with Crippen molar-refractivity contribution >= 4 is 0 Å². The molecule has 0 heterocycles. The second kappa shape index (κ2) is 10.7. The Labute approximate surface area is 99.0 Å². The van der Waals surface area contributed by atoms with Gasteiger partial charge in [-0.25, -0.2) is 0 Å². The number of hydrogen-bond donors (Lipinski definition) is 2. The molecule has 1 unspecified atom stereocenters. The smallest absolute Gasteiger partial charge is 0.0959 e. The number of nitrogens with two attached hydrogens (primary N) is 1. The second-order valence-corrected chi connectivity index (χ2v) is 3.89. The van der Waals surface area contributed by atoms with E-state index in [1.807, 2.05) is 25.2 Å². The van der Waals surface area contributed by atoms with E-state index in [2.05, 4.69) is 6.92 Å². The van der Waals surface area contributed by atoms with Crippen LogP contribution in [0, 0.1) is 5.92 Å². The number of hydrogen-bond acceptors (Lipinski definition) is 3. The second-order valence-electron chi connectivity index (χ2n) is 3.89. The van der Waals surface area contributed by atoms with E-state index in [1.165, 1.54) is 0 Å². The van der Waals surface area contributed by atoms with E-state index in [0.717, 1.165) is 25.1 Å². The Bertz CT molecular complexity index is 212. The molecule has 0 aromatic carbocycles. The lowest BCUT2D eigenvalue weighted by Crippen LogP contribution is -2.10. The van der Waals surface area contributed by atoms with Crippen LogP contribution in [0.2, 0.25) is 0 Å². The first kappa shape index (κ1) is 15.2. The topological polar surface area (TPSA) is 55.5 Å². The summed E-state index contributed by atoms with van der Waals surface area (Å²) in [6.07, 6.45) is 8.52. The van der Waals surface area contributed by atoms with Crippen molar-refractivity contribution in [2.45, 2.75) is 33.1 Å². The van der Waals surface area contributed by atoms with E-state index in [4.69, 9.17) is 15.6 Å². The van der Waals surface area contributed by atoms with E-state index in [0.29, 0.717) is 18.9 Å². The molecule has 0 aromatic rings. The van der Waals surface area contributed by atoms with Crippen molar-refractivity contribution < 1.29 is 9.84 Å². The molecule has 0 aromatic heterocycles. The van der Waals surface area contributed by atoms with Gasteiger partial charge in [0.15, 0.2) is 0 Å². The van der Waals surface area contributed by atoms with Gasteiger partial charge >= 0.3 is 0 Å². The first-order chi connectivity index (χ1) is 7.74. The molecule has 1 atom stereocenters. The number of rotatable bonds is 9. The number of ether oxygens (including phenoxy) is 1. The molecule has 16 heavy (non-hydrogen) atoms. The van der Waals surface area contributed by atoms with Crippen molar-refractivity contribution in [2.75, 3.05) is 19.8 Å². The van der Waals surface area contributed by atoms with Gasteiger partial charge < -0.3 is 15.6 Å². The van der Waals surface area contributed by atoms with Gasteiger partial charge in [0.2, 0.25) is 0 Å². The van der Waals surface area contributed by atoms with Crippen LogP contribution in [0.15, 0.2) is 24.0 Å². The Hall–Kier alpha value is -0.800. The molecule has 0 aliphatic carbocycles. The van der Waals surface area contributed by atoms with Crippen molar-refractivity contribution in [3.05, 3.63) is 24.0 Å². The number of aliphatic hydroxyl groups is 1. The van der Waals surface area contributed by atoms with E-state index in [1.54, 1.807) is 0 Å². The lowest BCUT2D eigenvalue weighted by atomic mass is 10.1. The van der Waals surface area contributed by atoms with Gasteiger partial charge in [0.25, 0.3) is 0 Å². The summed E-state index contributed by atoms with van der Waals surface area (Å²) in [5.74, 6) is 1.53. The van der Waals surface area contributed by atoms with Crippen LogP contribution in [0.1, 0.15) is 33.1 Å². The van der Waals surface area contributed by atoms with Gasteiger partial charge in [0.05, 0.1) is 12.4 Å². The van der Waals surface area contributed by atoms with E-state index in [9.17, 15) is 0 Å². The van der Waals surface area contributed by atoms with Gasteiger partial charge in [-0.15, -0.1) is 0 Å². The SMILES string of the molecule is CCO/C(=C/C=C/CCO)CCC(C)CN. The highest BCUT2D eigenvalue weighted by Gasteiger charge is 2.02. The van der Waals surface area contributed by atoms with Gasteiger partial charge in [-0.05, 0) is 38.3 Å². The van der Waals surface area contributed by atoms with Gasteiger partial charge in [-0.2, -0.15) is 0 Å². The van der Waals surface area contributed by atoms with Crippen LogP contribution in [0.5, 0.6) is 0 Å². The molecule has 0 saturated carbocycles. The Balaban J connectivity index is 4.04. The third-order valence-corrected chi connectivity index (χ3v) is 2.33. The molecule has 3 nitrogen and oxygen atoms in total. The van der Waals surface area contributed by atoms with Crippen molar-refractivity contribution in [1.29, 1.82) is 0 Å². The van der Waals surface area contributed by atoms with Gasteiger partial charge in [0.1, 0.15) is 0 Å². The molecule has 0 aliphatic heterocycles. The third-order valence-electron chi connectivity index (χ3n) is 2.33. The van der Waals surface area contributed by atoms with Crippen LogP contribution in [-0.4, -0.2) is 24.9 Å². The van der Waals surface area contributed by atoms with Crippen molar-refractivity contribution in [3.63, 3.8) is 0 Å². The zero-order chi connectivity index (χ0) is 12.2. The highest BCUT2D eigenvalue weighted by atomic mass is 16.5. The predicted molar refractivity (Wildman–Crippen MR) is 68.0 cm³/mol. The summed E-state index contributed by atoms with van der Waals surface area (Å²) in [6, 6.07) is 0. The van der Waals surface area contributed by atoms with Crippen molar-refractivity contribution in [1.82, 2.24) is 0 Å². The number of allylic oxidation sites excluding steroid dienone is 3. The highest BCUT2D eigenvalue weighted by Crippen LogP contribution is 2.12. The van der Waals surface area contributed by atoms with Crippen LogP contribution < -0.4 is 5.73 Å². The molecular formula is C13H25NO2. The summed E-state index contributed by atoms with van der Waals surface area (Å²) in [5, 5.41) is 8.63. The zero-order valence-corrected chi connectivity index (χ0v) is 10.5. The average molecular weight is 227 g/mol. The van der Waals surface area contributed by atoms with Crippen molar-refractivity contribution in [2.24, 2.45) is 11.7 Å². The zero-order valence-electron chi connectivity index (χ0n) is 10.5. The molecule has 0 amide bonds. The molecule has 0 aliphatic rings. The van der Waals surface area contributed by atoms with Crippen molar-refractivity contribution in [3.8, 4) is 0 Å². The van der Waals surface area contributed by atoms with Gasteiger partial charge in [0, 0.05) is 13.0 Å². The summed E-state index contributed by atoms with van der Waals surface area (Å²) in [4.78, 5) is 0. The average Bonchev–Trinajstić information content (AvgIpc) is 2.30. The fourth-order valence-corrected chi connectivity index (χ4v) is 1.24. The van der Waals surface area contributed by atoms with Crippen LogP contribution in [-0.2, 0) is 4.74 Å². The molecule has 0 spiro atoms. The molecule has 94 valence electrons. The first-order valence-electron chi connectivity index (χ1n) is 6.04. The summed E-state index contributed by atoms with van der Waals surface area (Å²) in [7, 11) is 0. The Morgan fingerprint density at radius 1 is 1.50 bits per heavy atom. The van der Waals surface area contributed by atoms with Crippen LogP contribution in [0.3, 0.4) is 0 Å². The Morgan fingerprint density at radius 2 is 2.25 bits per heavy atom. The Kier molecular flexibility index (Phi) is 10.2. The van der Waals surface area contributed by atoms with Crippen LogP contribution in [0.4, 0.5) is 0 Å². The summed E-state index contributed by atoms with van der Waals surface area (Å²) >= 11 is 0. The minimum atomic E-state index is 0.193. The van der Waals surface area contributed by atoms with Gasteiger partial charge in [-0.3, -0.25) is 0 Å². The third kappa shape index (κ3) is 8.50. The lowest BCUT2D eigenvalue weighted by Gasteiger charge is -2.11. The molecule has 0 fully saturated rings. The lowest BCUT2D eigenvalue weighted by molar-refractivity contribution is 0.213. The normalized spacial score (nSPS) is 14.4. The molecule has 0 rings (SSSR count). The fourth-order valence-electron chi connectivity index (χ4n) is 1.24. The Morgan fingerprint density at radius 3 is 2.81 bits per heavy atom. The summed E-state index contributed by atoms with van der Waals surface area (Å²) in [6.45, 7) is 5.73. The summed E-state index contributed by atoms with van der Waals surface area (Å²) in [5.41, 5.74) is 5.57. The quantitative estimate of drug-likeness (QED) is 0.469. The number of aliphatic hydroxyl groups excluding tert-OH is 1. The predicted octanol–water partition coefficient (Wildman–Crippen LogP) is 2.22. The molecule has 0 saturated heterocycles. The van der Waals surface area contributed by atoms with Crippen LogP contribution in [0.25, 0.3) is 0 Å². The molecule has 0 bridgehead atoms. The molecule has 3 heteroatoms. The minimum Gasteiger partial charge on any atom is -0.498 e. The van der Waals surface area contributed by atoms with E-state index < -0.39 is 0 Å². The maximum absolute atomic E-state index is 8.63. The van der Waals surface area contributed by atoms with E-state index >= 15 is 0 Å². The van der Waals surface area contributed by atoms with Crippen LogP contribution >= 0.6 is 0 Å². The molecular weight excluding hydrogens is 202 g/mol. The molecule has 3 N–H and O–H groups in total. The largest absolute Gasteiger partial charge is 0.498 e. The highest BCUT2D eigenvalue weighted by molar-refractivity contribution is 5.07. The maximum atomic E-state index is 8.63. The first-order valence-corrected chi connectivity index (χ1v) is 6.04. The minimum absolute atomic E-state index is 0.193. The monoisotopic (exact) mass is 227 g/mol. The summed E-state index contributed by atoms with van der Waals surface area (Å²) < 4.78 is 5.52. The van der Waals surface area contributed by atoms with Gasteiger partial charge in [-0.1, -0.05) is 19.1 Å². The fraction of sp³-hybridized carbons (Fsp3) is 0.692. The molecule has 0 radical (unpaired) electrons.